The second-order valence-electron chi connectivity index (χ2n) is 9.20. The largest absolute Gasteiger partial charge is 0.467 e. The van der Waals surface area contributed by atoms with Crippen molar-refractivity contribution in [3.05, 3.63) is 53.1 Å². The molecule has 1 unspecified atom stereocenters. The SMILES string of the molecule is C=CC(=O)N1CCN(c2nc(OC)nc3c(F)c(-c4ccc(F)c5sc(C(F)F)nc45)c(C(F)(F)F)cc23)CC1C. The highest BCUT2D eigenvalue weighted by Crippen LogP contribution is 2.46. The zero-order valence-corrected chi connectivity index (χ0v) is 22.2. The summed E-state index contributed by atoms with van der Waals surface area (Å²) in [7, 11) is 1.20. The van der Waals surface area contributed by atoms with E-state index in [4.69, 9.17) is 4.74 Å². The van der Waals surface area contributed by atoms with E-state index in [1.54, 1.807) is 11.8 Å². The molecule has 2 aromatic heterocycles. The van der Waals surface area contributed by atoms with E-state index in [1.807, 2.05) is 0 Å². The van der Waals surface area contributed by atoms with Gasteiger partial charge in [0, 0.05) is 42.2 Å². The molecule has 1 saturated heterocycles. The number of nitrogens with zero attached hydrogens (tertiary/aromatic N) is 5. The van der Waals surface area contributed by atoms with Crippen LogP contribution in [0.1, 0.15) is 23.9 Å². The molecule has 0 radical (unpaired) electrons. The summed E-state index contributed by atoms with van der Waals surface area (Å²) in [6, 6.07) is 1.57. The van der Waals surface area contributed by atoms with Crippen LogP contribution in [0.15, 0.2) is 30.9 Å². The Balaban J connectivity index is 1.77. The van der Waals surface area contributed by atoms with Crippen molar-refractivity contribution in [1.82, 2.24) is 19.9 Å². The number of alkyl halides is 5. The van der Waals surface area contributed by atoms with E-state index in [0.29, 0.717) is 6.07 Å². The molecule has 4 aromatic rings. The second kappa shape index (κ2) is 10.4. The van der Waals surface area contributed by atoms with Crippen molar-refractivity contribution in [2.75, 3.05) is 31.6 Å². The van der Waals surface area contributed by atoms with Crippen molar-refractivity contribution in [2.24, 2.45) is 0 Å². The molecule has 5 rings (SSSR count). The number of amides is 1. The van der Waals surface area contributed by atoms with E-state index in [1.165, 1.54) is 12.0 Å². The highest BCUT2D eigenvalue weighted by atomic mass is 32.1. The molecule has 15 heteroatoms. The first-order valence-corrected chi connectivity index (χ1v) is 12.9. The minimum atomic E-state index is -5.13. The Kier molecular flexibility index (Phi) is 7.26. The Bertz CT molecular complexity index is 1690. The van der Waals surface area contributed by atoms with Crippen LogP contribution in [0.3, 0.4) is 0 Å². The van der Waals surface area contributed by atoms with Crippen LogP contribution in [-0.4, -0.2) is 58.5 Å². The predicted octanol–water partition coefficient (Wildman–Crippen LogP) is 6.37. The van der Waals surface area contributed by atoms with Crippen LogP contribution in [0.4, 0.5) is 36.6 Å². The number of hydrogen-bond donors (Lipinski definition) is 0. The Morgan fingerprint density at radius 1 is 1.17 bits per heavy atom. The maximum absolute atomic E-state index is 16.3. The normalized spacial score (nSPS) is 16.2. The highest BCUT2D eigenvalue weighted by molar-refractivity contribution is 7.18. The first-order valence-electron chi connectivity index (χ1n) is 12.1. The van der Waals surface area contributed by atoms with Gasteiger partial charge in [-0.3, -0.25) is 4.79 Å². The van der Waals surface area contributed by atoms with Crippen molar-refractivity contribution in [3.8, 4) is 17.1 Å². The molecule has 1 aliphatic rings. The number of benzene rings is 2. The van der Waals surface area contributed by atoms with Crippen LogP contribution < -0.4 is 9.64 Å². The van der Waals surface area contributed by atoms with Crippen LogP contribution in [0.25, 0.3) is 32.2 Å². The van der Waals surface area contributed by atoms with Gasteiger partial charge in [0.25, 0.3) is 6.43 Å². The lowest BCUT2D eigenvalue weighted by Crippen LogP contribution is -2.54. The van der Waals surface area contributed by atoms with Gasteiger partial charge in [-0.15, -0.1) is 11.3 Å². The fraction of sp³-hybridized carbons (Fsp3) is 0.308. The molecule has 216 valence electrons. The Labute approximate surface area is 231 Å². The van der Waals surface area contributed by atoms with Crippen molar-refractivity contribution >= 4 is 44.2 Å². The molecule has 7 nitrogen and oxygen atoms in total. The van der Waals surface area contributed by atoms with Gasteiger partial charge in [0.05, 0.1) is 22.9 Å². The van der Waals surface area contributed by atoms with E-state index in [0.717, 1.165) is 18.2 Å². The smallest absolute Gasteiger partial charge is 0.417 e. The van der Waals surface area contributed by atoms with E-state index in [2.05, 4.69) is 21.5 Å². The summed E-state index contributed by atoms with van der Waals surface area (Å²) < 4.78 is 106. The molecule has 3 heterocycles. The van der Waals surface area contributed by atoms with Gasteiger partial charge in [-0.25, -0.2) is 22.5 Å². The number of hydrogen-bond acceptors (Lipinski definition) is 7. The number of methoxy groups -OCH3 is 1. The molecule has 1 atom stereocenters. The summed E-state index contributed by atoms with van der Waals surface area (Å²) in [5.41, 5.74) is -4.07. The van der Waals surface area contributed by atoms with Crippen LogP contribution in [0, 0.1) is 11.6 Å². The average Bonchev–Trinajstić information content (AvgIpc) is 3.39. The van der Waals surface area contributed by atoms with E-state index < -0.39 is 67.7 Å². The molecule has 0 N–H and O–H groups in total. The van der Waals surface area contributed by atoms with Crippen LogP contribution in [0.5, 0.6) is 6.01 Å². The lowest BCUT2D eigenvalue weighted by Gasteiger charge is -2.40. The first kappa shape index (κ1) is 28.5. The number of rotatable bonds is 5. The summed E-state index contributed by atoms with van der Waals surface area (Å²) in [5, 5.41) is -1.12. The molecule has 0 saturated carbocycles. The van der Waals surface area contributed by atoms with Gasteiger partial charge >= 0.3 is 12.2 Å². The number of piperazine rings is 1. The Morgan fingerprint density at radius 3 is 2.51 bits per heavy atom. The van der Waals surface area contributed by atoms with Crippen molar-refractivity contribution in [1.29, 1.82) is 0 Å². The predicted molar refractivity (Wildman–Crippen MR) is 138 cm³/mol. The molecule has 1 fully saturated rings. The number of carbonyl (C=O) groups excluding carboxylic acids is 1. The summed E-state index contributed by atoms with van der Waals surface area (Å²) in [6.45, 7) is 5.69. The van der Waals surface area contributed by atoms with Gasteiger partial charge in [0.2, 0.25) is 5.91 Å². The standard InChI is InChI=1S/C26H20F7N5O2S/c1-4-16(39)38-8-7-37(10-11(38)2)23-13-9-14(26(31,32)33)17(18(28)19(13)35-25(36-23)40-3)12-5-6-15(27)21-20(12)34-24(41-21)22(29)30/h4-6,9,11,22H,1,7-8,10H2,2-3H3. The Hall–Kier alpha value is -4.01. The minimum absolute atomic E-state index is 0.0572. The number of anilines is 1. The second-order valence-corrected chi connectivity index (χ2v) is 10.2. The van der Waals surface area contributed by atoms with Gasteiger partial charge in [-0.05, 0) is 31.2 Å². The third-order valence-electron chi connectivity index (χ3n) is 6.73. The highest BCUT2D eigenvalue weighted by Gasteiger charge is 2.39. The topological polar surface area (TPSA) is 71.5 Å². The molecule has 0 spiro atoms. The number of fused-ring (bicyclic) bond motifs is 2. The van der Waals surface area contributed by atoms with Gasteiger partial charge in [0.15, 0.2) is 10.8 Å². The van der Waals surface area contributed by atoms with Crippen LogP contribution in [-0.2, 0) is 11.0 Å². The summed E-state index contributed by atoms with van der Waals surface area (Å²) in [5.74, 6) is -2.81. The molecule has 2 aromatic carbocycles. The van der Waals surface area contributed by atoms with E-state index in [-0.39, 0.29) is 54.1 Å². The van der Waals surface area contributed by atoms with Gasteiger partial charge in [-0.2, -0.15) is 23.1 Å². The van der Waals surface area contributed by atoms with Gasteiger partial charge in [-0.1, -0.05) is 6.58 Å². The van der Waals surface area contributed by atoms with Crippen LogP contribution in [0.2, 0.25) is 0 Å². The number of carbonyl (C=O) groups is 1. The summed E-state index contributed by atoms with van der Waals surface area (Å²) >= 11 is 0.269. The zero-order valence-electron chi connectivity index (χ0n) is 21.4. The quantitative estimate of drug-likeness (QED) is 0.196. The molecule has 0 bridgehead atoms. The third-order valence-corrected chi connectivity index (χ3v) is 7.80. The molecular weight excluding hydrogens is 579 g/mol. The fourth-order valence-electron chi connectivity index (χ4n) is 4.89. The van der Waals surface area contributed by atoms with E-state index in [9.17, 15) is 31.1 Å². The van der Waals surface area contributed by atoms with Crippen molar-refractivity contribution < 1.29 is 40.3 Å². The minimum Gasteiger partial charge on any atom is -0.467 e. The molecule has 0 aliphatic carbocycles. The first-order chi connectivity index (χ1) is 19.3. The van der Waals surface area contributed by atoms with Gasteiger partial charge in [0.1, 0.15) is 17.2 Å². The molecule has 41 heavy (non-hydrogen) atoms. The third kappa shape index (κ3) is 4.91. The van der Waals surface area contributed by atoms with Crippen molar-refractivity contribution in [3.63, 3.8) is 0 Å². The number of halogens is 7. The number of aromatic nitrogens is 3. The molecule has 1 aliphatic heterocycles. The van der Waals surface area contributed by atoms with Crippen molar-refractivity contribution in [2.45, 2.75) is 25.6 Å². The van der Waals surface area contributed by atoms with Gasteiger partial charge < -0.3 is 14.5 Å². The van der Waals surface area contributed by atoms with Crippen LogP contribution >= 0.6 is 11.3 Å². The lowest BCUT2D eigenvalue weighted by molar-refractivity contribution is -0.137. The fourth-order valence-corrected chi connectivity index (χ4v) is 5.75. The molecule has 1 amide bonds. The monoisotopic (exact) mass is 599 g/mol. The van der Waals surface area contributed by atoms with E-state index >= 15 is 4.39 Å². The summed E-state index contributed by atoms with van der Waals surface area (Å²) in [6.07, 6.45) is -7.10. The number of ether oxygens (including phenoxy) is 1. The Morgan fingerprint density at radius 2 is 1.90 bits per heavy atom. The molecular formula is C26H20F7N5O2S. The summed E-state index contributed by atoms with van der Waals surface area (Å²) in [4.78, 5) is 27.1. The number of thiazole rings is 1. The average molecular weight is 600 g/mol. The lowest BCUT2D eigenvalue weighted by atomic mass is 9.95. The maximum atomic E-state index is 16.3. The zero-order chi connectivity index (χ0) is 29.8. The maximum Gasteiger partial charge on any atom is 0.417 e.